The molecule has 1 N–H and O–H groups in total. The van der Waals surface area contributed by atoms with Crippen molar-refractivity contribution in [1.29, 1.82) is 0 Å². The van der Waals surface area contributed by atoms with Crippen LogP contribution in [0.1, 0.15) is 0 Å². The number of pyridine rings is 1. The summed E-state index contributed by atoms with van der Waals surface area (Å²) >= 11 is 1.27. The number of hydrogen-bond acceptors (Lipinski definition) is 4. The highest BCUT2D eigenvalue weighted by Crippen LogP contribution is 2.26. The summed E-state index contributed by atoms with van der Waals surface area (Å²) in [5.41, 5.74) is 2.58. The number of benzene rings is 3. The lowest BCUT2D eigenvalue weighted by Crippen LogP contribution is -2.21. The van der Waals surface area contributed by atoms with Crippen LogP contribution in [0.15, 0.2) is 83.0 Å². The fourth-order valence-corrected chi connectivity index (χ4v) is 4.40. The molecule has 2 aromatic heterocycles. The second-order valence-corrected chi connectivity index (χ2v) is 7.90. The Hall–Kier alpha value is -3.84. The van der Waals surface area contributed by atoms with Crippen molar-refractivity contribution < 1.29 is 9.18 Å². The van der Waals surface area contributed by atoms with Crippen molar-refractivity contribution in [3.8, 4) is 11.3 Å². The van der Waals surface area contributed by atoms with E-state index in [0.29, 0.717) is 38.2 Å². The van der Waals surface area contributed by atoms with E-state index >= 15 is 0 Å². The topological polar surface area (TPSA) is 64.0 Å². The number of thiazole rings is 1. The molecule has 0 saturated heterocycles. The van der Waals surface area contributed by atoms with Gasteiger partial charge in [-0.25, -0.2) is 9.37 Å². The van der Waals surface area contributed by atoms with Crippen LogP contribution in [-0.2, 0) is 11.3 Å². The van der Waals surface area contributed by atoms with Gasteiger partial charge in [0, 0.05) is 21.7 Å². The Kier molecular flexibility index (Phi) is 4.80. The molecule has 7 heteroatoms. The first-order valence-corrected chi connectivity index (χ1v) is 10.5. The van der Waals surface area contributed by atoms with E-state index < -0.39 is 0 Å². The van der Waals surface area contributed by atoms with Crippen LogP contribution >= 0.6 is 11.3 Å². The van der Waals surface area contributed by atoms with Gasteiger partial charge in [-0.15, -0.1) is 11.3 Å². The maximum atomic E-state index is 13.5. The Bertz CT molecular complexity index is 1450. The van der Waals surface area contributed by atoms with E-state index in [1.165, 1.54) is 23.5 Å². The smallest absolute Gasteiger partial charge is 0.246 e. The van der Waals surface area contributed by atoms with Crippen molar-refractivity contribution >= 4 is 44.2 Å². The van der Waals surface area contributed by atoms with E-state index in [0.717, 1.165) is 0 Å². The highest BCUT2D eigenvalue weighted by Gasteiger charge is 2.14. The molecule has 0 aliphatic heterocycles. The number of hydrogen-bond donors (Lipinski definition) is 1. The highest BCUT2D eigenvalue weighted by atomic mass is 32.1. The molecule has 0 aliphatic carbocycles. The first-order chi connectivity index (χ1) is 15.1. The standard InChI is InChI=1S/C24H16FN3O2S/c25-16-7-5-6-15(12-16)19-14-31-24(26-19)27-22(29)13-28-20-10-3-1-8-17(20)23(30)18-9-2-4-11-21(18)28/h1-12,14H,13H2,(H,26,27,29). The first-order valence-electron chi connectivity index (χ1n) is 9.62. The molecule has 31 heavy (non-hydrogen) atoms. The van der Waals surface area contributed by atoms with Gasteiger partial charge in [0.25, 0.3) is 0 Å². The van der Waals surface area contributed by atoms with Gasteiger partial charge < -0.3 is 9.88 Å². The van der Waals surface area contributed by atoms with Crippen molar-refractivity contribution in [3.63, 3.8) is 0 Å². The number of carbonyl (C=O) groups is 1. The van der Waals surface area contributed by atoms with Gasteiger partial charge in [-0.3, -0.25) is 9.59 Å². The predicted octanol–water partition coefficient (Wildman–Crippen LogP) is 5.06. The summed E-state index contributed by atoms with van der Waals surface area (Å²) in [6.45, 7) is 0.0240. The number of para-hydroxylation sites is 2. The third-order valence-electron chi connectivity index (χ3n) is 5.05. The number of halogens is 1. The summed E-state index contributed by atoms with van der Waals surface area (Å²) in [6, 6.07) is 20.7. The van der Waals surface area contributed by atoms with Gasteiger partial charge in [-0.2, -0.15) is 0 Å². The molecule has 0 atom stereocenters. The number of carbonyl (C=O) groups excluding carboxylic acids is 1. The van der Waals surface area contributed by atoms with Crippen LogP contribution in [0.3, 0.4) is 0 Å². The van der Waals surface area contributed by atoms with Crippen molar-refractivity contribution in [2.45, 2.75) is 6.54 Å². The molecular weight excluding hydrogens is 413 g/mol. The Balaban J connectivity index is 1.47. The van der Waals surface area contributed by atoms with Crippen LogP contribution in [0, 0.1) is 5.82 Å². The number of rotatable bonds is 4. The van der Waals surface area contributed by atoms with E-state index in [4.69, 9.17) is 0 Å². The van der Waals surface area contributed by atoms with Gasteiger partial charge in [-0.05, 0) is 36.4 Å². The lowest BCUT2D eigenvalue weighted by molar-refractivity contribution is -0.116. The van der Waals surface area contributed by atoms with Gasteiger partial charge in [-0.1, -0.05) is 36.4 Å². The average molecular weight is 429 g/mol. The van der Waals surface area contributed by atoms with E-state index in [2.05, 4.69) is 10.3 Å². The Labute approximate surface area is 180 Å². The maximum Gasteiger partial charge on any atom is 0.246 e. The minimum atomic E-state index is -0.340. The fourth-order valence-electron chi connectivity index (χ4n) is 3.66. The summed E-state index contributed by atoms with van der Waals surface area (Å²) in [7, 11) is 0. The number of nitrogens with one attached hydrogen (secondary N) is 1. The number of amides is 1. The minimum Gasteiger partial charge on any atom is -0.331 e. The summed E-state index contributed by atoms with van der Waals surface area (Å²) in [6.07, 6.45) is 0. The zero-order valence-corrected chi connectivity index (χ0v) is 17.0. The Morgan fingerprint density at radius 2 is 1.65 bits per heavy atom. The third-order valence-corrected chi connectivity index (χ3v) is 5.81. The van der Waals surface area contributed by atoms with Crippen LogP contribution in [0.2, 0.25) is 0 Å². The monoisotopic (exact) mass is 429 g/mol. The van der Waals surface area contributed by atoms with E-state index in [-0.39, 0.29) is 23.7 Å². The summed E-state index contributed by atoms with van der Waals surface area (Å²) in [5, 5.41) is 6.15. The molecule has 0 radical (unpaired) electrons. The molecule has 5 aromatic rings. The van der Waals surface area contributed by atoms with Crippen LogP contribution in [0.5, 0.6) is 0 Å². The van der Waals surface area contributed by atoms with Crippen molar-refractivity contribution in [1.82, 2.24) is 9.55 Å². The summed E-state index contributed by atoms with van der Waals surface area (Å²) in [5.74, 6) is -0.604. The molecule has 1 amide bonds. The van der Waals surface area contributed by atoms with Gasteiger partial charge >= 0.3 is 0 Å². The van der Waals surface area contributed by atoms with E-state index in [1.807, 2.05) is 41.0 Å². The number of nitrogens with zero attached hydrogens (tertiary/aromatic N) is 2. The molecule has 0 spiro atoms. The summed E-state index contributed by atoms with van der Waals surface area (Å²) < 4.78 is 15.3. The zero-order valence-electron chi connectivity index (χ0n) is 16.2. The quantitative estimate of drug-likeness (QED) is 0.407. The van der Waals surface area contributed by atoms with E-state index in [9.17, 15) is 14.0 Å². The van der Waals surface area contributed by atoms with E-state index in [1.54, 1.807) is 29.6 Å². The molecule has 3 aromatic carbocycles. The van der Waals surface area contributed by atoms with Crippen LogP contribution in [0.25, 0.3) is 33.1 Å². The third kappa shape index (κ3) is 3.60. The molecule has 0 aliphatic rings. The zero-order chi connectivity index (χ0) is 21.4. The first kappa shape index (κ1) is 19.1. The van der Waals surface area contributed by atoms with Crippen LogP contribution in [0.4, 0.5) is 9.52 Å². The van der Waals surface area contributed by atoms with Crippen LogP contribution in [-0.4, -0.2) is 15.5 Å². The second-order valence-electron chi connectivity index (χ2n) is 7.05. The lowest BCUT2D eigenvalue weighted by atomic mass is 10.1. The maximum absolute atomic E-state index is 13.5. The molecule has 5 rings (SSSR count). The molecule has 5 nitrogen and oxygen atoms in total. The molecule has 0 saturated carbocycles. The molecule has 0 bridgehead atoms. The number of fused-ring (bicyclic) bond motifs is 2. The predicted molar refractivity (Wildman–Crippen MR) is 122 cm³/mol. The average Bonchev–Trinajstić information content (AvgIpc) is 3.25. The van der Waals surface area contributed by atoms with Crippen LogP contribution < -0.4 is 10.7 Å². The van der Waals surface area contributed by atoms with Gasteiger partial charge in [0.05, 0.1) is 16.7 Å². The highest BCUT2D eigenvalue weighted by molar-refractivity contribution is 7.14. The van der Waals surface area contributed by atoms with Crippen molar-refractivity contribution in [3.05, 3.63) is 94.2 Å². The van der Waals surface area contributed by atoms with Crippen molar-refractivity contribution in [2.24, 2.45) is 0 Å². The van der Waals surface area contributed by atoms with Gasteiger partial charge in [0.2, 0.25) is 5.91 Å². The van der Waals surface area contributed by atoms with Gasteiger partial charge in [0.1, 0.15) is 12.4 Å². The fraction of sp³-hybridized carbons (Fsp3) is 0.0417. The molecule has 152 valence electrons. The lowest BCUT2D eigenvalue weighted by Gasteiger charge is -2.14. The molecule has 0 unspecified atom stereocenters. The molecule has 0 fully saturated rings. The second kappa shape index (κ2) is 7.77. The minimum absolute atomic E-state index is 0.0240. The summed E-state index contributed by atoms with van der Waals surface area (Å²) in [4.78, 5) is 30.1. The Morgan fingerprint density at radius 3 is 2.32 bits per heavy atom. The molecular formula is C24H16FN3O2S. The van der Waals surface area contributed by atoms with Gasteiger partial charge in [0.15, 0.2) is 10.6 Å². The number of anilines is 1. The Morgan fingerprint density at radius 1 is 0.968 bits per heavy atom. The largest absolute Gasteiger partial charge is 0.331 e. The number of aromatic nitrogens is 2. The molecule has 2 heterocycles. The SMILES string of the molecule is O=C(Cn1c2ccccc2c(=O)c2ccccc21)Nc1nc(-c2cccc(F)c2)cs1. The normalized spacial score (nSPS) is 11.1. The van der Waals surface area contributed by atoms with Crippen molar-refractivity contribution in [2.75, 3.05) is 5.32 Å².